The van der Waals surface area contributed by atoms with Gasteiger partial charge in [-0.2, -0.15) is 43.9 Å². The van der Waals surface area contributed by atoms with E-state index in [4.69, 9.17) is 5.11 Å². The zero-order valence-electron chi connectivity index (χ0n) is 11.0. The molecule has 0 spiro atoms. The number of carbonyl (C=O) groups excluding carboxylic acids is 2. The number of nitrogens with one attached hydrogen (secondary N) is 2. The Labute approximate surface area is 126 Å². The van der Waals surface area contributed by atoms with Crippen molar-refractivity contribution in [3.63, 3.8) is 0 Å². The number of rotatable bonds is 6. The van der Waals surface area contributed by atoms with Gasteiger partial charge in [0, 0.05) is 13.1 Å². The summed E-state index contributed by atoms with van der Waals surface area (Å²) in [4.78, 5) is 21.2. The summed E-state index contributed by atoms with van der Waals surface area (Å²) in [7, 11) is 0. The summed E-state index contributed by atoms with van der Waals surface area (Å²) in [6.45, 7) is -2.77. The topological polar surface area (TPSA) is 78.4 Å². The van der Waals surface area contributed by atoms with Crippen molar-refractivity contribution in [2.45, 2.75) is 30.3 Å². The van der Waals surface area contributed by atoms with Gasteiger partial charge in [-0.25, -0.2) is 0 Å². The number of hydrogen-bond donors (Lipinski definition) is 3. The second kappa shape index (κ2) is 6.98. The highest BCUT2D eigenvalue weighted by Gasteiger charge is 2.64. The summed E-state index contributed by atoms with van der Waals surface area (Å²) < 4.78 is 121. The lowest BCUT2D eigenvalue weighted by Crippen LogP contribution is -2.54. The maximum atomic E-state index is 12.5. The number of aliphatic hydroxyl groups excluding tert-OH is 1. The van der Waals surface area contributed by atoms with E-state index in [1.54, 1.807) is 0 Å². The molecule has 0 aromatic heterocycles. The molecule has 0 fully saturated rings. The molecule has 0 aromatic rings. The lowest BCUT2D eigenvalue weighted by Gasteiger charge is -2.21. The average Bonchev–Trinajstić information content (AvgIpc) is 2.39. The van der Waals surface area contributed by atoms with Gasteiger partial charge in [-0.1, -0.05) is 0 Å². The van der Waals surface area contributed by atoms with E-state index in [0.29, 0.717) is 0 Å². The van der Waals surface area contributed by atoms with Gasteiger partial charge in [-0.05, 0) is 0 Å². The predicted octanol–water partition coefficient (Wildman–Crippen LogP) is 0.975. The maximum Gasteiger partial charge on any atom is 0.463 e. The van der Waals surface area contributed by atoms with Gasteiger partial charge in [-0.3, -0.25) is 9.59 Å². The van der Waals surface area contributed by atoms with E-state index in [0.717, 1.165) is 10.6 Å². The largest absolute Gasteiger partial charge is 0.463 e. The average molecular weight is 382 g/mol. The smallest absolute Gasteiger partial charge is 0.389 e. The molecule has 0 saturated carbocycles. The minimum Gasteiger partial charge on any atom is -0.389 e. The summed E-state index contributed by atoms with van der Waals surface area (Å²) in [5, 5.41) is 10.8. The first kappa shape index (κ1) is 22.2. The Hall–Kier alpha value is -1.80. The second-order valence-corrected chi connectivity index (χ2v) is 4.22. The van der Waals surface area contributed by atoms with Crippen molar-refractivity contribution in [1.82, 2.24) is 10.6 Å². The van der Waals surface area contributed by atoms with Crippen LogP contribution in [0.25, 0.3) is 0 Å². The quantitative estimate of drug-likeness (QED) is 0.600. The summed E-state index contributed by atoms with van der Waals surface area (Å²) in [6, 6.07) is 0. The molecule has 5 nitrogen and oxygen atoms in total. The molecule has 24 heavy (non-hydrogen) atoms. The van der Waals surface area contributed by atoms with Gasteiger partial charge in [-0.15, -0.1) is 0 Å². The molecule has 15 heteroatoms. The third kappa shape index (κ3) is 5.10. The van der Waals surface area contributed by atoms with Crippen molar-refractivity contribution < 1.29 is 58.6 Å². The van der Waals surface area contributed by atoms with Crippen LogP contribution < -0.4 is 10.6 Å². The Bertz CT molecular complexity index is 431. The first-order valence-electron chi connectivity index (χ1n) is 5.58. The van der Waals surface area contributed by atoms with Crippen LogP contribution in [-0.2, 0) is 9.59 Å². The number of aliphatic hydroxyl groups is 1. The maximum absolute atomic E-state index is 12.5. The molecule has 0 rings (SSSR count). The van der Waals surface area contributed by atoms with Crippen LogP contribution in [0, 0.1) is 0 Å². The fraction of sp³-hybridized carbons (Fsp3) is 0.778. The molecule has 0 aliphatic carbocycles. The van der Waals surface area contributed by atoms with E-state index in [1.165, 1.54) is 0 Å². The van der Waals surface area contributed by atoms with E-state index in [9.17, 15) is 53.5 Å². The van der Waals surface area contributed by atoms with Crippen LogP contribution in [0.15, 0.2) is 0 Å². The van der Waals surface area contributed by atoms with E-state index < -0.39 is 55.2 Å². The molecule has 3 N–H and O–H groups in total. The van der Waals surface area contributed by atoms with Crippen molar-refractivity contribution in [1.29, 1.82) is 0 Å². The molecule has 0 bridgehead atoms. The van der Waals surface area contributed by atoms with Crippen LogP contribution in [0.3, 0.4) is 0 Å². The summed E-state index contributed by atoms with van der Waals surface area (Å²) in [5.41, 5.74) is 0. The minimum absolute atomic E-state index is 0.902. The van der Waals surface area contributed by atoms with Gasteiger partial charge >= 0.3 is 24.2 Å². The lowest BCUT2D eigenvalue weighted by atomic mass is 10.2. The molecule has 142 valence electrons. The van der Waals surface area contributed by atoms with Gasteiger partial charge in [0.25, 0.3) is 11.8 Å². The van der Waals surface area contributed by atoms with E-state index in [2.05, 4.69) is 0 Å². The number of carbonyl (C=O) groups is 2. The monoisotopic (exact) mass is 382 g/mol. The van der Waals surface area contributed by atoms with Crippen molar-refractivity contribution in [2.75, 3.05) is 13.1 Å². The molecule has 0 radical (unpaired) electrons. The highest BCUT2D eigenvalue weighted by molar-refractivity contribution is 5.85. The van der Waals surface area contributed by atoms with Gasteiger partial charge in [0.15, 0.2) is 0 Å². The van der Waals surface area contributed by atoms with Gasteiger partial charge < -0.3 is 15.7 Å². The Kier molecular flexibility index (Phi) is 6.46. The third-order valence-corrected chi connectivity index (χ3v) is 2.28. The fourth-order valence-corrected chi connectivity index (χ4v) is 0.973. The minimum atomic E-state index is -6.25. The standard InChI is InChI=1S/C9H8F10N2O3/c10-6(11,8(14,15)16)4(23)20-1-3(22)2-21-5(24)7(12,13)9(17,18)19/h3,22H,1-2H2,(H,20,23)(H,21,24). The molecular formula is C9H8F10N2O3. The van der Waals surface area contributed by atoms with Crippen LogP contribution in [-0.4, -0.2) is 60.3 Å². The van der Waals surface area contributed by atoms with Crippen LogP contribution >= 0.6 is 0 Å². The molecule has 0 saturated heterocycles. The van der Waals surface area contributed by atoms with Crippen molar-refractivity contribution in [3.05, 3.63) is 0 Å². The van der Waals surface area contributed by atoms with Crippen LogP contribution in [0.4, 0.5) is 43.9 Å². The Morgan fingerprint density at radius 1 is 0.708 bits per heavy atom. The fourth-order valence-electron chi connectivity index (χ4n) is 0.973. The first-order valence-corrected chi connectivity index (χ1v) is 5.58. The molecule has 0 aliphatic heterocycles. The number of hydrogen-bond acceptors (Lipinski definition) is 3. The molecule has 0 unspecified atom stereocenters. The summed E-state index contributed by atoms with van der Waals surface area (Å²) >= 11 is 0. The van der Waals surface area contributed by atoms with E-state index in [1.807, 2.05) is 0 Å². The summed E-state index contributed by atoms with van der Waals surface area (Å²) in [5.74, 6) is -17.4. The van der Waals surface area contributed by atoms with Crippen LogP contribution in [0.1, 0.15) is 0 Å². The molecule has 0 heterocycles. The molecule has 0 aliphatic rings. The zero-order chi connectivity index (χ0) is 19.6. The molecule has 0 atom stereocenters. The van der Waals surface area contributed by atoms with Gasteiger partial charge in [0.05, 0.1) is 6.10 Å². The number of alkyl halides is 10. The van der Waals surface area contributed by atoms with Crippen molar-refractivity contribution >= 4 is 11.8 Å². The van der Waals surface area contributed by atoms with Crippen molar-refractivity contribution in [2.24, 2.45) is 0 Å². The highest BCUT2D eigenvalue weighted by atomic mass is 19.4. The Balaban J connectivity index is 4.52. The second-order valence-electron chi connectivity index (χ2n) is 4.22. The van der Waals surface area contributed by atoms with Gasteiger partial charge in [0.2, 0.25) is 0 Å². The predicted molar refractivity (Wildman–Crippen MR) is 54.0 cm³/mol. The van der Waals surface area contributed by atoms with Crippen LogP contribution in [0.5, 0.6) is 0 Å². The molecule has 0 aromatic carbocycles. The van der Waals surface area contributed by atoms with Gasteiger partial charge in [0.1, 0.15) is 0 Å². The SMILES string of the molecule is O=C(NCC(O)CNC(=O)C(F)(F)C(F)(F)F)C(F)(F)C(F)(F)F. The lowest BCUT2D eigenvalue weighted by molar-refractivity contribution is -0.269. The van der Waals surface area contributed by atoms with Crippen molar-refractivity contribution in [3.8, 4) is 0 Å². The summed E-state index contributed by atoms with van der Waals surface area (Å²) in [6.07, 6.45) is -14.7. The first-order chi connectivity index (χ1) is 10.4. The molecular weight excluding hydrogens is 374 g/mol. The van der Waals surface area contributed by atoms with E-state index >= 15 is 0 Å². The highest BCUT2D eigenvalue weighted by Crippen LogP contribution is 2.36. The zero-order valence-corrected chi connectivity index (χ0v) is 11.0. The normalized spacial score (nSPS) is 13.8. The number of amides is 2. The van der Waals surface area contributed by atoms with Crippen LogP contribution in [0.2, 0.25) is 0 Å². The van der Waals surface area contributed by atoms with E-state index in [-0.39, 0.29) is 0 Å². The number of halogens is 10. The third-order valence-electron chi connectivity index (χ3n) is 2.28. The molecule has 2 amide bonds. The Morgan fingerprint density at radius 2 is 0.958 bits per heavy atom. The Morgan fingerprint density at radius 3 is 1.17 bits per heavy atom.